The molecule has 1 heterocycles. The van der Waals surface area contributed by atoms with Crippen LogP contribution in [-0.4, -0.2) is 11.4 Å². The van der Waals surface area contributed by atoms with Crippen LogP contribution in [0.25, 0.3) is 22.2 Å². The van der Waals surface area contributed by atoms with E-state index in [0.717, 1.165) is 22.5 Å². The number of aromatic nitrogens is 1. The first kappa shape index (κ1) is 10.6. The van der Waals surface area contributed by atoms with E-state index in [1.165, 1.54) is 5.39 Å². The molecule has 3 nitrogen and oxygen atoms in total. The topological polar surface area (TPSA) is 44.9 Å². The van der Waals surface area contributed by atoms with Gasteiger partial charge in [0.2, 0.25) is 6.41 Å². The summed E-state index contributed by atoms with van der Waals surface area (Å²) < 4.78 is 0. The first-order chi connectivity index (χ1) is 8.86. The van der Waals surface area contributed by atoms with Crippen LogP contribution in [-0.2, 0) is 4.79 Å². The Morgan fingerprint density at radius 3 is 2.72 bits per heavy atom. The Hall–Kier alpha value is -2.55. The van der Waals surface area contributed by atoms with E-state index in [1.807, 2.05) is 42.5 Å². The van der Waals surface area contributed by atoms with Crippen molar-refractivity contribution in [3.8, 4) is 11.3 Å². The van der Waals surface area contributed by atoms with Crippen LogP contribution in [0.5, 0.6) is 0 Å². The summed E-state index contributed by atoms with van der Waals surface area (Å²) in [7, 11) is 0. The minimum absolute atomic E-state index is 0.685. The smallest absolute Gasteiger partial charge is 0.211 e. The van der Waals surface area contributed by atoms with Crippen molar-refractivity contribution in [2.24, 2.45) is 0 Å². The van der Waals surface area contributed by atoms with Crippen LogP contribution in [0.3, 0.4) is 0 Å². The highest BCUT2D eigenvalue weighted by Crippen LogP contribution is 2.25. The molecule has 88 valence electrons. The number of aromatic amines is 1. The summed E-state index contributed by atoms with van der Waals surface area (Å²) in [6.45, 7) is 0. The van der Waals surface area contributed by atoms with Crippen LogP contribution in [0, 0.1) is 0 Å². The van der Waals surface area contributed by atoms with E-state index in [2.05, 4.69) is 22.4 Å². The van der Waals surface area contributed by atoms with Gasteiger partial charge in [-0.2, -0.15) is 0 Å². The molecular weight excluding hydrogens is 224 g/mol. The zero-order valence-electron chi connectivity index (χ0n) is 9.68. The van der Waals surface area contributed by atoms with Gasteiger partial charge in [-0.25, -0.2) is 0 Å². The van der Waals surface area contributed by atoms with Crippen LogP contribution in [0.15, 0.2) is 54.6 Å². The molecule has 0 saturated heterocycles. The Bertz CT molecular complexity index is 667. The maximum Gasteiger partial charge on any atom is 0.211 e. The molecule has 0 unspecified atom stereocenters. The molecule has 0 aliphatic heterocycles. The van der Waals surface area contributed by atoms with E-state index in [4.69, 9.17) is 0 Å². The van der Waals surface area contributed by atoms with E-state index < -0.39 is 0 Å². The molecule has 0 saturated carbocycles. The molecule has 18 heavy (non-hydrogen) atoms. The lowest BCUT2D eigenvalue weighted by atomic mass is 10.1. The van der Waals surface area contributed by atoms with Gasteiger partial charge in [0.05, 0.1) is 0 Å². The average molecular weight is 236 g/mol. The number of fused-ring (bicyclic) bond motifs is 1. The summed E-state index contributed by atoms with van der Waals surface area (Å²) in [6.07, 6.45) is 0.685. The Labute approximate surface area is 104 Å². The maximum atomic E-state index is 10.4. The van der Waals surface area contributed by atoms with E-state index in [-0.39, 0.29) is 0 Å². The van der Waals surface area contributed by atoms with E-state index in [1.54, 1.807) is 0 Å². The molecule has 3 aromatic rings. The van der Waals surface area contributed by atoms with Gasteiger partial charge in [-0.1, -0.05) is 30.3 Å². The molecule has 0 aliphatic carbocycles. The number of amides is 1. The zero-order valence-corrected chi connectivity index (χ0v) is 9.68. The van der Waals surface area contributed by atoms with Crippen molar-refractivity contribution in [2.75, 3.05) is 5.32 Å². The summed E-state index contributed by atoms with van der Waals surface area (Å²) in [4.78, 5) is 13.8. The molecule has 0 atom stereocenters. The quantitative estimate of drug-likeness (QED) is 0.672. The number of nitrogens with one attached hydrogen (secondary N) is 2. The second-order valence-electron chi connectivity index (χ2n) is 4.11. The van der Waals surface area contributed by atoms with Crippen LogP contribution in [0.1, 0.15) is 0 Å². The van der Waals surface area contributed by atoms with E-state index in [9.17, 15) is 4.79 Å². The van der Waals surface area contributed by atoms with Crippen molar-refractivity contribution in [1.29, 1.82) is 0 Å². The molecule has 3 rings (SSSR count). The number of hydrogen-bond acceptors (Lipinski definition) is 1. The number of rotatable bonds is 3. The molecule has 3 heteroatoms. The number of anilines is 1. The molecule has 1 amide bonds. The minimum atomic E-state index is 0.685. The molecule has 0 bridgehead atoms. The lowest BCUT2D eigenvalue weighted by molar-refractivity contribution is -0.105. The number of benzene rings is 2. The Kier molecular flexibility index (Phi) is 2.57. The minimum Gasteiger partial charge on any atom is -0.355 e. The van der Waals surface area contributed by atoms with Gasteiger partial charge in [0, 0.05) is 27.8 Å². The van der Waals surface area contributed by atoms with Gasteiger partial charge >= 0.3 is 0 Å². The number of carbonyl (C=O) groups is 1. The van der Waals surface area contributed by atoms with E-state index in [0.29, 0.717) is 6.41 Å². The summed E-state index contributed by atoms with van der Waals surface area (Å²) in [5.41, 5.74) is 4.01. The highest BCUT2D eigenvalue weighted by Gasteiger charge is 2.03. The molecule has 0 radical (unpaired) electrons. The standard InChI is InChI=1S/C15H12N2O/c18-10-16-13-6-3-5-11(8-13)15-9-12-4-1-2-7-14(12)17-15/h1-10,17H,(H,16,18). The molecule has 0 spiro atoms. The number of H-pyrrole nitrogens is 1. The summed E-state index contributed by atoms with van der Waals surface area (Å²) >= 11 is 0. The lowest BCUT2D eigenvalue weighted by Gasteiger charge is -2.01. The van der Waals surface area contributed by atoms with Gasteiger partial charge in [0.25, 0.3) is 0 Å². The fourth-order valence-electron chi connectivity index (χ4n) is 2.07. The van der Waals surface area contributed by atoms with E-state index >= 15 is 0 Å². The van der Waals surface area contributed by atoms with Gasteiger partial charge in [0.15, 0.2) is 0 Å². The summed E-state index contributed by atoms with van der Waals surface area (Å²) in [5.74, 6) is 0. The molecule has 1 aromatic heterocycles. The fourth-order valence-corrected chi connectivity index (χ4v) is 2.07. The first-order valence-electron chi connectivity index (χ1n) is 5.75. The van der Waals surface area contributed by atoms with Crippen LogP contribution >= 0.6 is 0 Å². The summed E-state index contributed by atoms with van der Waals surface area (Å²) in [5, 5.41) is 3.84. The fraction of sp³-hybridized carbons (Fsp3) is 0. The van der Waals surface area contributed by atoms with Gasteiger partial charge in [-0.15, -0.1) is 0 Å². The van der Waals surface area contributed by atoms with Crippen molar-refractivity contribution < 1.29 is 4.79 Å². The third-order valence-electron chi connectivity index (χ3n) is 2.93. The van der Waals surface area contributed by atoms with Gasteiger partial charge in [0.1, 0.15) is 0 Å². The van der Waals surface area contributed by atoms with Gasteiger partial charge in [-0.05, 0) is 24.3 Å². The number of carbonyl (C=O) groups excluding carboxylic acids is 1. The zero-order chi connectivity index (χ0) is 12.4. The highest BCUT2D eigenvalue weighted by molar-refractivity contribution is 5.86. The molecular formula is C15H12N2O. The summed E-state index contributed by atoms with van der Waals surface area (Å²) in [6, 6.07) is 18.0. The molecule has 2 N–H and O–H groups in total. The van der Waals surface area contributed by atoms with Crippen molar-refractivity contribution in [1.82, 2.24) is 4.98 Å². The van der Waals surface area contributed by atoms with Crippen LogP contribution in [0.4, 0.5) is 5.69 Å². The third kappa shape index (κ3) is 1.86. The number of para-hydroxylation sites is 1. The maximum absolute atomic E-state index is 10.4. The molecule has 0 aliphatic rings. The van der Waals surface area contributed by atoms with Crippen molar-refractivity contribution in [3.63, 3.8) is 0 Å². The second-order valence-corrected chi connectivity index (χ2v) is 4.11. The lowest BCUT2D eigenvalue weighted by Crippen LogP contribution is -1.93. The second kappa shape index (κ2) is 4.37. The third-order valence-corrected chi connectivity index (χ3v) is 2.93. The Morgan fingerprint density at radius 2 is 1.89 bits per heavy atom. The van der Waals surface area contributed by atoms with Crippen molar-refractivity contribution in [3.05, 3.63) is 54.6 Å². The SMILES string of the molecule is O=CNc1cccc(-c2cc3ccccc3[nH]2)c1. The van der Waals surface area contributed by atoms with Gasteiger partial charge in [-0.3, -0.25) is 4.79 Å². The monoisotopic (exact) mass is 236 g/mol. The predicted octanol–water partition coefficient (Wildman–Crippen LogP) is 3.40. The van der Waals surface area contributed by atoms with Crippen LogP contribution < -0.4 is 5.32 Å². The highest BCUT2D eigenvalue weighted by atomic mass is 16.1. The molecule has 0 fully saturated rings. The largest absolute Gasteiger partial charge is 0.355 e. The number of hydrogen-bond donors (Lipinski definition) is 2. The normalized spacial score (nSPS) is 10.4. The van der Waals surface area contributed by atoms with Crippen LogP contribution in [0.2, 0.25) is 0 Å². The average Bonchev–Trinajstić information content (AvgIpc) is 2.83. The Morgan fingerprint density at radius 1 is 1.00 bits per heavy atom. The predicted molar refractivity (Wildman–Crippen MR) is 73.4 cm³/mol. The Balaban J connectivity index is 2.08. The molecule has 2 aromatic carbocycles. The van der Waals surface area contributed by atoms with Gasteiger partial charge < -0.3 is 10.3 Å². The van der Waals surface area contributed by atoms with Crippen molar-refractivity contribution in [2.45, 2.75) is 0 Å². The van der Waals surface area contributed by atoms with Crippen molar-refractivity contribution >= 4 is 23.0 Å². The first-order valence-corrected chi connectivity index (χ1v) is 5.75.